The van der Waals surface area contributed by atoms with Gasteiger partial charge in [0.2, 0.25) is 0 Å². The van der Waals surface area contributed by atoms with Gasteiger partial charge in [-0.3, -0.25) is 4.98 Å². The molecule has 0 aliphatic rings. The highest BCUT2D eigenvalue weighted by molar-refractivity contribution is 5.70. The summed E-state index contributed by atoms with van der Waals surface area (Å²) in [4.78, 5) is 5.02. The van der Waals surface area contributed by atoms with Gasteiger partial charge in [0.1, 0.15) is 18.1 Å². The molecule has 3 heteroatoms. The number of pyridine rings is 1. The molecule has 0 saturated heterocycles. The van der Waals surface area contributed by atoms with Gasteiger partial charge in [0.25, 0.3) is 0 Å². The van der Waals surface area contributed by atoms with Crippen LogP contribution in [0.2, 0.25) is 0 Å². The van der Waals surface area contributed by atoms with Gasteiger partial charge in [-0.2, -0.15) is 0 Å². The molecule has 3 rings (SSSR count). The van der Waals surface area contributed by atoms with Crippen molar-refractivity contribution >= 4 is 0 Å². The second-order valence-corrected chi connectivity index (χ2v) is 8.51. The Morgan fingerprint density at radius 2 is 1.48 bits per heavy atom. The first-order valence-corrected chi connectivity index (χ1v) is 11.3. The zero-order valence-corrected chi connectivity index (χ0v) is 20.0. The molecular weight excluding hydrogens is 382 g/mol. The summed E-state index contributed by atoms with van der Waals surface area (Å²) >= 11 is 0. The SMILES string of the molecule is CCc1cccc(CC)c1-c1cc(OC(C)C)c(COc2cc(C)cc(C)c2)c(C)n1. The molecule has 0 saturated carbocycles. The molecule has 31 heavy (non-hydrogen) atoms. The van der Waals surface area contributed by atoms with Crippen LogP contribution in [0.25, 0.3) is 11.3 Å². The lowest BCUT2D eigenvalue weighted by Crippen LogP contribution is -2.11. The fourth-order valence-corrected chi connectivity index (χ4v) is 4.08. The number of ether oxygens (including phenoxy) is 2. The summed E-state index contributed by atoms with van der Waals surface area (Å²) in [5.74, 6) is 1.73. The Bertz CT molecular complexity index is 1010. The van der Waals surface area contributed by atoms with Crippen LogP contribution in [0.5, 0.6) is 11.5 Å². The maximum atomic E-state index is 6.25. The van der Waals surface area contributed by atoms with Crippen molar-refractivity contribution in [3.63, 3.8) is 0 Å². The molecule has 0 fully saturated rings. The van der Waals surface area contributed by atoms with E-state index in [2.05, 4.69) is 90.9 Å². The fraction of sp³-hybridized carbons (Fsp3) is 0.393. The highest BCUT2D eigenvalue weighted by atomic mass is 16.5. The van der Waals surface area contributed by atoms with Gasteiger partial charge in [0, 0.05) is 17.3 Å². The second kappa shape index (κ2) is 10.00. The summed E-state index contributed by atoms with van der Waals surface area (Å²) in [5, 5.41) is 0. The maximum Gasteiger partial charge on any atom is 0.130 e. The zero-order chi connectivity index (χ0) is 22.5. The molecule has 0 unspecified atom stereocenters. The minimum atomic E-state index is 0.0710. The third kappa shape index (κ3) is 5.46. The second-order valence-electron chi connectivity index (χ2n) is 8.51. The first-order chi connectivity index (χ1) is 14.8. The Labute approximate surface area is 187 Å². The van der Waals surface area contributed by atoms with Crippen LogP contribution in [-0.2, 0) is 19.4 Å². The van der Waals surface area contributed by atoms with Gasteiger partial charge >= 0.3 is 0 Å². The standard InChI is InChI=1S/C28H35NO2/c1-8-22-11-10-12-23(9-2)28(22)26-16-27(31-18(3)4)25(21(7)29-26)17-30-24-14-19(5)13-20(6)15-24/h10-16,18H,8-9,17H2,1-7H3. The quantitative estimate of drug-likeness (QED) is 0.389. The van der Waals surface area contributed by atoms with E-state index in [-0.39, 0.29) is 6.10 Å². The largest absolute Gasteiger partial charge is 0.490 e. The lowest BCUT2D eigenvalue weighted by atomic mass is 9.94. The van der Waals surface area contributed by atoms with Crippen molar-refractivity contribution in [3.05, 3.63) is 76.0 Å². The summed E-state index contributed by atoms with van der Waals surface area (Å²) in [5.41, 5.74) is 9.21. The minimum Gasteiger partial charge on any atom is -0.490 e. The van der Waals surface area contributed by atoms with Crippen LogP contribution in [0.15, 0.2) is 42.5 Å². The van der Waals surface area contributed by atoms with Crippen LogP contribution in [0, 0.1) is 20.8 Å². The van der Waals surface area contributed by atoms with E-state index < -0.39 is 0 Å². The number of hydrogen-bond acceptors (Lipinski definition) is 3. The molecular formula is C28H35NO2. The summed E-state index contributed by atoms with van der Waals surface area (Å²) in [6.45, 7) is 15.2. The molecule has 3 nitrogen and oxygen atoms in total. The van der Waals surface area contributed by atoms with E-state index in [0.717, 1.165) is 41.3 Å². The first-order valence-electron chi connectivity index (χ1n) is 11.3. The molecule has 0 aliphatic heterocycles. The smallest absolute Gasteiger partial charge is 0.130 e. The van der Waals surface area contributed by atoms with Crippen LogP contribution >= 0.6 is 0 Å². The molecule has 0 radical (unpaired) electrons. The number of rotatable bonds is 8. The van der Waals surface area contributed by atoms with E-state index in [4.69, 9.17) is 14.5 Å². The van der Waals surface area contributed by atoms with Crippen LogP contribution in [0.3, 0.4) is 0 Å². The van der Waals surface area contributed by atoms with Crippen molar-refractivity contribution in [3.8, 4) is 22.8 Å². The molecule has 0 aliphatic carbocycles. The third-order valence-corrected chi connectivity index (χ3v) is 5.49. The molecule has 164 valence electrons. The van der Waals surface area contributed by atoms with Crippen molar-refractivity contribution in [1.29, 1.82) is 0 Å². The Morgan fingerprint density at radius 3 is 2.03 bits per heavy atom. The Hall–Kier alpha value is -2.81. The summed E-state index contributed by atoms with van der Waals surface area (Å²) < 4.78 is 12.4. The Morgan fingerprint density at radius 1 is 0.871 bits per heavy atom. The minimum absolute atomic E-state index is 0.0710. The summed E-state index contributed by atoms with van der Waals surface area (Å²) in [7, 11) is 0. The topological polar surface area (TPSA) is 31.4 Å². The van der Waals surface area contributed by atoms with Crippen molar-refractivity contribution in [1.82, 2.24) is 4.98 Å². The number of benzene rings is 2. The van der Waals surface area contributed by atoms with E-state index in [1.165, 1.54) is 27.8 Å². The van der Waals surface area contributed by atoms with E-state index in [1.54, 1.807) is 0 Å². The van der Waals surface area contributed by atoms with Gasteiger partial charge in [-0.15, -0.1) is 0 Å². The van der Waals surface area contributed by atoms with Gasteiger partial charge < -0.3 is 9.47 Å². The first kappa shape index (κ1) is 22.9. The highest BCUT2D eigenvalue weighted by Gasteiger charge is 2.17. The summed E-state index contributed by atoms with van der Waals surface area (Å²) in [6.07, 6.45) is 2.02. The maximum absolute atomic E-state index is 6.25. The third-order valence-electron chi connectivity index (χ3n) is 5.49. The van der Waals surface area contributed by atoms with Crippen LogP contribution < -0.4 is 9.47 Å². The van der Waals surface area contributed by atoms with E-state index in [0.29, 0.717) is 6.61 Å². The molecule has 0 amide bonds. The lowest BCUT2D eigenvalue weighted by Gasteiger charge is -2.20. The molecule has 0 bridgehead atoms. The number of hydrogen-bond donors (Lipinski definition) is 0. The average Bonchev–Trinajstić information content (AvgIpc) is 2.71. The normalized spacial score (nSPS) is 11.1. The predicted octanol–water partition coefficient (Wildman–Crippen LogP) is 7.16. The number of aromatic nitrogens is 1. The van der Waals surface area contributed by atoms with Crippen LogP contribution in [0.4, 0.5) is 0 Å². The molecule has 0 spiro atoms. The van der Waals surface area contributed by atoms with E-state index in [9.17, 15) is 0 Å². The van der Waals surface area contributed by atoms with Gasteiger partial charge in [0.05, 0.1) is 17.4 Å². The molecule has 0 N–H and O–H groups in total. The zero-order valence-electron chi connectivity index (χ0n) is 20.0. The van der Waals surface area contributed by atoms with Crippen LogP contribution in [-0.4, -0.2) is 11.1 Å². The molecule has 2 aromatic carbocycles. The molecule has 3 aromatic rings. The van der Waals surface area contributed by atoms with E-state index >= 15 is 0 Å². The van der Waals surface area contributed by atoms with Gasteiger partial charge in [-0.05, 0) is 81.8 Å². The number of nitrogens with zero attached hydrogens (tertiary/aromatic N) is 1. The highest BCUT2D eigenvalue weighted by Crippen LogP contribution is 2.34. The monoisotopic (exact) mass is 417 g/mol. The van der Waals surface area contributed by atoms with Crippen molar-refractivity contribution < 1.29 is 9.47 Å². The van der Waals surface area contributed by atoms with E-state index in [1.807, 2.05) is 0 Å². The van der Waals surface area contributed by atoms with Crippen LogP contribution in [0.1, 0.15) is 61.2 Å². The molecule has 0 atom stereocenters. The summed E-state index contributed by atoms with van der Waals surface area (Å²) in [6, 6.07) is 14.9. The van der Waals surface area contributed by atoms with Gasteiger partial charge in [-0.25, -0.2) is 0 Å². The predicted molar refractivity (Wildman–Crippen MR) is 129 cm³/mol. The molecule has 1 aromatic heterocycles. The average molecular weight is 418 g/mol. The molecule has 1 heterocycles. The fourth-order valence-electron chi connectivity index (χ4n) is 4.08. The van der Waals surface area contributed by atoms with Crippen molar-refractivity contribution in [2.75, 3.05) is 0 Å². The van der Waals surface area contributed by atoms with Gasteiger partial charge in [-0.1, -0.05) is 38.1 Å². The Balaban J connectivity index is 2.04. The van der Waals surface area contributed by atoms with Crippen molar-refractivity contribution in [2.24, 2.45) is 0 Å². The number of aryl methyl sites for hydroxylation is 5. The lowest BCUT2D eigenvalue weighted by molar-refractivity contribution is 0.229. The van der Waals surface area contributed by atoms with Gasteiger partial charge in [0.15, 0.2) is 0 Å². The van der Waals surface area contributed by atoms with Crippen molar-refractivity contribution in [2.45, 2.75) is 74.0 Å². The Kier molecular flexibility index (Phi) is 7.37.